The first-order valence-corrected chi connectivity index (χ1v) is 12.7. The number of amidine groups is 1. The summed E-state index contributed by atoms with van der Waals surface area (Å²) in [5.74, 6) is 0.496. The summed E-state index contributed by atoms with van der Waals surface area (Å²) < 4.78 is 10.6. The Kier molecular flexibility index (Phi) is 8.15. The zero-order chi connectivity index (χ0) is 24.9. The van der Waals surface area contributed by atoms with Crippen molar-refractivity contribution in [2.75, 3.05) is 38.3 Å². The molecule has 2 aromatic rings. The van der Waals surface area contributed by atoms with Gasteiger partial charge in [0.05, 0.1) is 31.3 Å². The average molecular weight is 514 g/mol. The van der Waals surface area contributed by atoms with E-state index in [9.17, 15) is 9.59 Å². The third-order valence-electron chi connectivity index (χ3n) is 5.88. The summed E-state index contributed by atoms with van der Waals surface area (Å²) in [6.07, 6.45) is 2.34. The van der Waals surface area contributed by atoms with Gasteiger partial charge in [0.15, 0.2) is 5.17 Å². The van der Waals surface area contributed by atoms with Crippen molar-refractivity contribution in [2.45, 2.75) is 25.5 Å². The van der Waals surface area contributed by atoms with Crippen LogP contribution in [-0.4, -0.2) is 60.5 Å². The van der Waals surface area contributed by atoms with Crippen LogP contribution >= 0.6 is 23.4 Å². The van der Waals surface area contributed by atoms with E-state index < -0.39 is 0 Å². The third kappa shape index (κ3) is 5.72. The van der Waals surface area contributed by atoms with Gasteiger partial charge < -0.3 is 14.4 Å². The number of thioether (sulfide) groups is 1. The number of aliphatic imine (C=N–C) groups is 1. The molecule has 1 unspecified atom stereocenters. The number of ether oxygens (including phenoxy) is 2. The van der Waals surface area contributed by atoms with Crippen LogP contribution in [0.2, 0.25) is 5.02 Å². The molecule has 2 aromatic carbocycles. The Labute approximate surface area is 214 Å². The number of amides is 2. The van der Waals surface area contributed by atoms with E-state index in [2.05, 4.69) is 4.99 Å². The van der Waals surface area contributed by atoms with E-state index in [1.54, 1.807) is 24.2 Å². The normalized spacial score (nSPS) is 18.1. The van der Waals surface area contributed by atoms with Crippen LogP contribution in [0.3, 0.4) is 0 Å². The predicted octanol–water partition coefficient (Wildman–Crippen LogP) is 4.77. The molecular formula is C26H28ClN3O4S. The first kappa shape index (κ1) is 25.3. The molecule has 2 aliphatic rings. The number of methoxy groups -OCH3 is 1. The lowest BCUT2D eigenvalue weighted by atomic mass is 10.1. The topological polar surface area (TPSA) is 71.4 Å². The van der Waals surface area contributed by atoms with Crippen molar-refractivity contribution >= 4 is 52.1 Å². The Morgan fingerprint density at radius 3 is 2.57 bits per heavy atom. The van der Waals surface area contributed by atoms with Crippen molar-refractivity contribution in [3.63, 3.8) is 0 Å². The lowest BCUT2D eigenvalue weighted by Gasteiger charge is -2.30. The zero-order valence-electron chi connectivity index (χ0n) is 20.0. The van der Waals surface area contributed by atoms with Crippen molar-refractivity contribution in [2.24, 2.45) is 4.99 Å². The molecule has 7 nitrogen and oxygen atoms in total. The lowest BCUT2D eigenvalue weighted by Crippen LogP contribution is -2.45. The molecule has 0 bridgehead atoms. The van der Waals surface area contributed by atoms with Crippen LogP contribution in [0.4, 0.5) is 5.69 Å². The van der Waals surface area contributed by atoms with Crippen molar-refractivity contribution in [1.82, 2.24) is 4.90 Å². The maximum atomic E-state index is 13.5. The Morgan fingerprint density at radius 2 is 1.94 bits per heavy atom. The highest BCUT2D eigenvalue weighted by molar-refractivity contribution is 8.15. The SMILES string of the molecule is CCC(SC1=NC(=Cc2ccc(OC)cc2)C(=O)N1c1ccc(C)c(Cl)c1)C(=O)N1CCOCC1. The van der Waals surface area contributed by atoms with Crippen molar-refractivity contribution in [3.8, 4) is 5.75 Å². The van der Waals surface area contributed by atoms with E-state index in [0.717, 1.165) is 16.9 Å². The largest absolute Gasteiger partial charge is 0.497 e. The molecule has 0 aromatic heterocycles. The van der Waals surface area contributed by atoms with E-state index in [1.165, 1.54) is 11.8 Å². The Bertz CT molecular complexity index is 1160. The Balaban J connectivity index is 1.67. The first-order valence-electron chi connectivity index (χ1n) is 11.5. The summed E-state index contributed by atoms with van der Waals surface area (Å²) >= 11 is 7.69. The second-order valence-corrected chi connectivity index (χ2v) is 9.80. The number of carbonyl (C=O) groups excluding carboxylic acids is 2. The first-order chi connectivity index (χ1) is 16.9. The Hall–Kier alpha value is -2.81. The van der Waals surface area contributed by atoms with Crippen molar-refractivity contribution < 1.29 is 19.1 Å². The lowest BCUT2D eigenvalue weighted by molar-refractivity contribution is -0.134. The van der Waals surface area contributed by atoms with Gasteiger partial charge in [0, 0.05) is 18.1 Å². The molecule has 0 aliphatic carbocycles. The number of aryl methyl sites for hydroxylation is 1. The molecule has 35 heavy (non-hydrogen) atoms. The van der Waals surface area contributed by atoms with E-state index in [0.29, 0.717) is 54.3 Å². The molecule has 0 N–H and O–H groups in total. The monoisotopic (exact) mass is 513 g/mol. The van der Waals surface area contributed by atoms with Gasteiger partial charge in [-0.1, -0.05) is 48.5 Å². The number of anilines is 1. The van der Waals surface area contributed by atoms with Gasteiger partial charge in [0.1, 0.15) is 11.4 Å². The number of carbonyl (C=O) groups is 2. The molecule has 4 rings (SSSR count). The van der Waals surface area contributed by atoms with E-state index in [4.69, 9.17) is 21.1 Å². The highest BCUT2D eigenvalue weighted by Gasteiger charge is 2.36. The molecule has 1 fully saturated rings. The number of nitrogens with zero attached hydrogens (tertiary/aromatic N) is 3. The summed E-state index contributed by atoms with van der Waals surface area (Å²) in [6.45, 7) is 6.09. The molecule has 1 saturated heterocycles. The van der Waals surface area contributed by atoms with Crippen LogP contribution in [0.25, 0.3) is 6.08 Å². The van der Waals surface area contributed by atoms with Gasteiger partial charge in [0.2, 0.25) is 5.91 Å². The van der Waals surface area contributed by atoms with Crippen molar-refractivity contribution in [3.05, 3.63) is 64.3 Å². The minimum absolute atomic E-state index is 0.0328. The summed E-state index contributed by atoms with van der Waals surface area (Å²) in [5.41, 5.74) is 2.64. The molecule has 2 heterocycles. The average Bonchev–Trinajstić information content (AvgIpc) is 3.19. The van der Waals surface area contributed by atoms with Gasteiger partial charge in [-0.05, 0) is 54.8 Å². The van der Waals surface area contributed by atoms with Crippen molar-refractivity contribution in [1.29, 1.82) is 0 Å². The highest BCUT2D eigenvalue weighted by Crippen LogP contribution is 2.34. The molecule has 9 heteroatoms. The Morgan fingerprint density at radius 1 is 1.23 bits per heavy atom. The number of rotatable bonds is 6. The number of halogens is 1. The summed E-state index contributed by atoms with van der Waals surface area (Å²) in [4.78, 5) is 34.8. The number of hydrogen-bond donors (Lipinski definition) is 0. The van der Waals surface area contributed by atoms with Crippen LogP contribution in [0.15, 0.2) is 53.2 Å². The molecule has 2 amide bonds. The number of benzene rings is 2. The molecule has 1 atom stereocenters. The van der Waals surface area contributed by atoms with Gasteiger partial charge in [-0.3, -0.25) is 14.5 Å². The van der Waals surface area contributed by atoms with Gasteiger partial charge in [0.25, 0.3) is 5.91 Å². The van der Waals surface area contributed by atoms with Gasteiger partial charge in [-0.15, -0.1) is 0 Å². The van der Waals surface area contributed by atoms with Crippen LogP contribution in [0, 0.1) is 6.92 Å². The minimum Gasteiger partial charge on any atom is -0.497 e. The number of hydrogen-bond acceptors (Lipinski definition) is 6. The fraction of sp³-hybridized carbons (Fsp3) is 0.346. The summed E-state index contributed by atoms with van der Waals surface area (Å²) in [7, 11) is 1.61. The minimum atomic E-state index is -0.372. The molecular weight excluding hydrogens is 486 g/mol. The predicted molar refractivity (Wildman–Crippen MR) is 141 cm³/mol. The second-order valence-electron chi connectivity index (χ2n) is 8.22. The van der Waals surface area contributed by atoms with E-state index in [-0.39, 0.29) is 17.1 Å². The molecule has 184 valence electrons. The quantitative estimate of drug-likeness (QED) is 0.520. The van der Waals surface area contributed by atoms with E-state index in [1.807, 2.05) is 55.1 Å². The van der Waals surface area contributed by atoms with Crippen LogP contribution in [0.1, 0.15) is 24.5 Å². The smallest absolute Gasteiger partial charge is 0.283 e. The van der Waals surface area contributed by atoms with Crippen LogP contribution < -0.4 is 9.64 Å². The van der Waals surface area contributed by atoms with Gasteiger partial charge in [-0.25, -0.2) is 4.99 Å². The summed E-state index contributed by atoms with van der Waals surface area (Å²) in [5, 5.41) is 0.648. The van der Waals surface area contributed by atoms with Gasteiger partial charge >= 0.3 is 0 Å². The maximum Gasteiger partial charge on any atom is 0.283 e. The molecule has 0 radical (unpaired) electrons. The zero-order valence-corrected chi connectivity index (χ0v) is 21.6. The van der Waals surface area contributed by atoms with E-state index >= 15 is 0 Å². The molecule has 0 saturated carbocycles. The maximum absolute atomic E-state index is 13.5. The number of morpholine rings is 1. The molecule has 2 aliphatic heterocycles. The fourth-order valence-corrected chi connectivity index (χ4v) is 5.10. The van der Waals surface area contributed by atoms with Crippen LogP contribution in [-0.2, 0) is 14.3 Å². The highest BCUT2D eigenvalue weighted by atomic mass is 35.5. The summed E-state index contributed by atoms with van der Waals surface area (Å²) in [6, 6.07) is 12.9. The second kappa shape index (κ2) is 11.3. The third-order valence-corrected chi connectivity index (χ3v) is 7.59. The van der Waals surface area contributed by atoms with Gasteiger partial charge in [-0.2, -0.15) is 0 Å². The fourth-order valence-electron chi connectivity index (χ4n) is 3.80. The van der Waals surface area contributed by atoms with Crippen LogP contribution in [0.5, 0.6) is 5.75 Å². The standard InChI is InChI=1S/C26H28ClN3O4S/c1-4-23(25(32)29-11-13-34-14-12-29)35-26-28-22(15-18-6-9-20(33-3)10-7-18)24(31)30(26)19-8-5-17(2)21(27)16-19/h5-10,15-16,23H,4,11-14H2,1-3H3. The molecule has 0 spiro atoms.